The molecule has 4 heteroatoms. The summed E-state index contributed by atoms with van der Waals surface area (Å²) in [7, 11) is 0. The van der Waals surface area contributed by atoms with Gasteiger partial charge in [-0.15, -0.1) is 0 Å². The molecule has 0 heterocycles. The van der Waals surface area contributed by atoms with Gasteiger partial charge in [0, 0.05) is 18.8 Å². The number of hydrogen-bond acceptors (Lipinski definition) is 2. The first-order chi connectivity index (χ1) is 12.0. The maximum Gasteiger partial charge on any atom is 0.303 e. The van der Waals surface area contributed by atoms with E-state index in [1.807, 2.05) is 13.0 Å². The van der Waals surface area contributed by atoms with Gasteiger partial charge in [0.05, 0.1) is 0 Å². The van der Waals surface area contributed by atoms with Crippen molar-refractivity contribution in [3.63, 3.8) is 0 Å². The molecule has 0 unspecified atom stereocenters. The second kappa shape index (κ2) is 9.50. The topological polar surface area (TPSA) is 54.4 Å². The van der Waals surface area contributed by atoms with Gasteiger partial charge >= 0.3 is 5.97 Å². The molecule has 0 radical (unpaired) electrons. The number of carboxylic acids is 1. The lowest BCUT2D eigenvalue weighted by atomic mass is 9.89. The second-order valence-corrected chi connectivity index (χ2v) is 6.98. The summed E-state index contributed by atoms with van der Waals surface area (Å²) >= 11 is 0. The molecule has 1 saturated carbocycles. The van der Waals surface area contributed by atoms with E-state index >= 15 is 0 Å². The van der Waals surface area contributed by atoms with Crippen molar-refractivity contribution in [2.24, 2.45) is 11.8 Å². The van der Waals surface area contributed by atoms with Crippen molar-refractivity contribution in [3.05, 3.63) is 41.2 Å². The van der Waals surface area contributed by atoms with Crippen LogP contribution in [0, 0.1) is 24.6 Å². The summed E-state index contributed by atoms with van der Waals surface area (Å²) in [5, 5.41) is 8.63. The van der Waals surface area contributed by atoms with Gasteiger partial charge in [0.25, 0.3) is 0 Å². The quantitative estimate of drug-likeness (QED) is 0.628. The number of aliphatic carboxylic acids is 1. The molecule has 1 N–H and O–H groups in total. The van der Waals surface area contributed by atoms with Gasteiger partial charge in [0.15, 0.2) is 0 Å². The number of carbonyl (C=O) groups excluding carboxylic acids is 1. The van der Waals surface area contributed by atoms with Gasteiger partial charge in [-0.25, -0.2) is 4.39 Å². The van der Waals surface area contributed by atoms with Gasteiger partial charge in [0.1, 0.15) is 11.6 Å². The number of carboxylic acid groups (broad SMARTS) is 1. The number of unbranched alkanes of at least 4 members (excludes halogenated alkanes) is 3. The maximum absolute atomic E-state index is 13.2. The minimum atomic E-state index is -0.743. The first kappa shape index (κ1) is 19.4. The van der Waals surface area contributed by atoms with Gasteiger partial charge in [-0.05, 0) is 55.4 Å². The Hall–Kier alpha value is -1.97. The lowest BCUT2D eigenvalue weighted by molar-refractivity contribution is -0.137. The fourth-order valence-electron chi connectivity index (χ4n) is 3.59. The lowest BCUT2D eigenvalue weighted by Crippen LogP contribution is -2.13. The Morgan fingerprint density at radius 3 is 2.76 bits per heavy atom. The first-order valence-electron chi connectivity index (χ1n) is 9.16. The Kier molecular flexibility index (Phi) is 7.35. The van der Waals surface area contributed by atoms with Gasteiger partial charge in [-0.3, -0.25) is 9.59 Å². The molecule has 1 fully saturated rings. The maximum atomic E-state index is 13.2. The van der Waals surface area contributed by atoms with Crippen LogP contribution in [0.4, 0.5) is 4.39 Å². The number of benzene rings is 1. The van der Waals surface area contributed by atoms with E-state index in [0.29, 0.717) is 18.6 Å². The van der Waals surface area contributed by atoms with Crippen LogP contribution >= 0.6 is 0 Å². The van der Waals surface area contributed by atoms with Crippen LogP contribution in [0.5, 0.6) is 0 Å². The number of halogens is 1. The van der Waals surface area contributed by atoms with Crippen molar-refractivity contribution in [3.8, 4) is 0 Å². The standard InChI is InChI=1S/C21H27FO3/c1-15-14-18(22)12-10-16(15)8-9-17-11-13-20(23)19(17)6-4-2-3-5-7-21(24)25/h8-10,12,14,17,19H,2-7,11,13H2,1H3,(H,24,25)/t17-,19+/m1/s1. The molecule has 25 heavy (non-hydrogen) atoms. The van der Waals surface area contributed by atoms with Crippen molar-refractivity contribution in [1.29, 1.82) is 0 Å². The minimum absolute atomic E-state index is 0.0801. The molecule has 0 aromatic heterocycles. The summed E-state index contributed by atoms with van der Waals surface area (Å²) in [4.78, 5) is 22.6. The van der Waals surface area contributed by atoms with Crippen LogP contribution < -0.4 is 0 Å². The average molecular weight is 346 g/mol. The molecule has 2 rings (SSSR count). The molecule has 1 aromatic carbocycles. The third kappa shape index (κ3) is 6.11. The summed E-state index contributed by atoms with van der Waals surface area (Å²) in [5.41, 5.74) is 1.89. The summed E-state index contributed by atoms with van der Waals surface area (Å²) in [6.07, 6.45) is 10.3. The Bertz CT molecular complexity index is 636. The van der Waals surface area contributed by atoms with Crippen LogP contribution in [0.3, 0.4) is 0 Å². The predicted octanol–water partition coefficient (Wildman–Crippen LogP) is 5.17. The number of hydrogen-bond donors (Lipinski definition) is 1. The Labute approximate surface area is 148 Å². The largest absolute Gasteiger partial charge is 0.481 e. The fourth-order valence-corrected chi connectivity index (χ4v) is 3.59. The number of carbonyl (C=O) groups is 2. The van der Waals surface area contributed by atoms with Crippen LogP contribution in [0.2, 0.25) is 0 Å². The predicted molar refractivity (Wildman–Crippen MR) is 96.7 cm³/mol. The third-order valence-electron chi connectivity index (χ3n) is 5.07. The van der Waals surface area contributed by atoms with E-state index in [0.717, 1.165) is 43.2 Å². The minimum Gasteiger partial charge on any atom is -0.481 e. The molecule has 0 amide bonds. The smallest absolute Gasteiger partial charge is 0.303 e. The normalized spacial score (nSPS) is 20.5. The molecule has 0 saturated heterocycles. The van der Waals surface area contributed by atoms with E-state index in [-0.39, 0.29) is 24.1 Å². The summed E-state index contributed by atoms with van der Waals surface area (Å²) in [5.74, 6) is -0.290. The van der Waals surface area contributed by atoms with E-state index in [9.17, 15) is 14.0 Å². The zero-order valence-corrected chi connectivity index (χ0v) is 14.8. The monoisotopic (exact) mass is 346 g/mol. The number of ketones is 1. The van der Waals surface area contributed by atoms with E-state index in [1.165, 1.54) is 12.1 Å². The molecular formula is C21H27FO3. The van der Waals surface area contributed by atoms with Crippen LogP contribution in [-0.2, 0) is 9.59 Å². The summed E-state index contributed by atoms with van der Waals surface area (Å²) in [6, 6.07) is 4.75. The summed E-state index contributed by atoms with van der Waals surface area (Å²) < 4.78 is 13.2. The number of aryl methyl sites for hydroxylation is 1. The summed E-state index contributed by atoms with van der Waals surface area (Å²) in [6.45, 7) is 1.89. The van der Waals surface area contributed by atoms with Crippen molar-refractivity contribution in [1.82, 2.24) is 0 Å². The van der Waals surface area contributed by atoms with Gasteiger partial charge < -0.3 is 5.11 Å². The number of allylic oxidation sites excluding steroid dienone is 1. The Morgan fingerprint density at radius 1 is 1.28 bits per heavy atom. The highest BCUT2D eigenvalue weighted by molar-refractivity contribution is 5.84. The van der Waals surface area contributed by atoms with Crippen molar-refractivity contribution in [2.75, 3.05) is 0 Å². The highest BCUT2D eigenvalue weighted by atomic mass is 19.1. The van der Waals surface area contributed by atoms with Gasteiger partial charge in [-0.2, -0.15) is 0 Å². The van der Waals surface area contributed by atoms with Gasteiger partial charge in [-0.1, -0.05) is 37.5 Å². The SMILES string of the molecule is Cc1cc(F)ccc1C=C[C@@H]1CCC(=O)[C@H]1CCCCCCC(=O)O. The molecule has 2 atom stereocenters. The van der Waals surface area contributed by atoms with Crippen LogP contribution in [0.1, 0.15) is 62.5 Å². The van der Waals surface area contributed by atoms with E-state index in [4.69, 9.17) is 5.11 Å². The van der Waals surface area contributed by atoms with E-state index in [1.54, 1.807) is 6.07 Å². The molecule has 0 spiro atoms. The number of rotatable bonds is 9. The Balaban J connectivity index is 1.84. The molecule has 1 aliphatic carbocycles. The first-order valence-corrected chi connectivity index (χ1v) is 9.16. The van der Waals surface area contributed by atoms with E-state index < -0.39 is 5.97 Å². The molecule has 1 aliphatic rings. The van der Waals surface area contributed by atoms with Crippen molar-refractivity contribution >= 4 is 17.8 Å². The number of Topliss-reactive ketones (excluding diaryl/α,β-unsaturated/α-hetero) is 1. The van der Waals surface area contributed by atoms with Crippen LogP contribution in [0.15, 0.2) is 24.3 Å². The third-order valence-corrected chi connectivity index (χ3v) is 5.07. The zero-order valence-electron chi connectivity index (χ0n) is 14.8. The van der Waals surface area contributed by atoms with Crippen LogP contribution in [0.25, 0.3) is 6.08 Å². The molecule has 3 nitrogen and oxygen atoms in total. The van der Waals surface area contributed by atoms with Crippen molar-refractivity contribution < 1.29 is 19.1 Å². The van der Waals surface area contributed by atoms with Crippen LogP contribution in [-0.4, -0.2) is 16.9 Å². The van der Waals surface area contributed by atoms with Crippen molar-refractivity contribution in [2.45, 2.75) is 58.3 Å². The lowest BCUT2D eigenvalue weighted by Gasteiger charge is -2.15. The van der Waals surface area contributed by atoms with E-state index in [2.05, 4.69) is 6.08 Å². The molecular weight excluding hydrogens is 319 g/mol. The molecule has 0 aliphatic heterocycles. The second-order valence-electron chi connectivity index (χ2n) is 6.98. The van der Waals surface area contributed by atoms with Gasteiger partial charge in [0.2, 0.25) is 0 Å². The fraction of sp³-hybridized carbons (Fsp3) is 0.524. The zero-order chi connectivity index (χ0) is 18.2. The highest BCUT2D eigenvalue weighted by Gasteiger charge is 2.32. The molecule has 0 bridgehead atoms. The average Bonchev–Trinajstić information content (AvgIpc) is 2.90. The molecule has 136 valence electrons. The highest BCUT2D eigenvalue weighted by Crippen LogP contribution is 2.34. The molecule has 1 aromatic rings. The Morgan fingerprint density at radius 2 is 2.04 bits per heavy atom.